The molecule has 2 N–H and O–H groups in total. The van der Waals surface area contributed by atoms with E-state index in [2.05, 4.69) is 10.6 Å². The van der Waals surface area contributed by atoms with Crippen molar-refractivity contribution >= 4 is 23.7 Å². The predicted octanol–water partition coefficient (Wildman–Crippen LogP) is 3.00. The molecule has 3 rings (SSSR count). The van der Waals surface area contributed by atoms with Gasteiger partial charge in [0.05, 0.1) is 5.69 Å². The summed E-state index contributed by atoms with van der Waals surface area (Å²) in [4.78, 5) is 26.5. The smallest absolute Gasteiger partial charge is 0.319 e. The number of ether oxygens (including phenoxy) is 1. The lowest BCUT2D eigenvalue weighted by Gasteiger charge is -2.32. The number of piperidine rings is 1. The Labute approximate surface area is 148 Å². The number of carbonyl (C=O) groups is 2. The molecule has 2 aliphatic rings. The molecule has 0 radical (unpaired) electrons. The minimum atomic E-state index is -0.467. The Hall–Kier alpha value is -2.50. The van der Waals surface area contributed by atoms with Crippen LogP contribution >= 0.6 is 0 Å². The summed E-state index contributed by atoms with van der Waals surface area (Å²) in [5.74, 6) is 0.634. The number of rotatable bonds is 3. The molecule has 1 aromatic rings. The van der Waals surface area contributed by atoms with Crippen LogP contribution in [0.1, 0.15) is 39.2 Å². The molecular formula is C19H25N3O3. The van der Waals surface area contributed by atoms with Crippen LogP contribution in [-0.2, 0) is 4.79 Å². The lowest BCUT2D eigenvalue weighted by atomic mass is 10.0. The number of nitrogens with one attached hydrogen (secondary N) is 2. The van der Waals surface area contributed by atoms with E-state index in [0.717, 1.165) is 18.5 Å². The summed E-state index contributed by atoms with van der Waals surface area (Å²) in [6.07, 6.45) is 5.54. The topological polar surface area (TPSA) is 70.7 Å². The standard InChI is InChI=1S/C19H25N3O3/c1-4-22-12-6-9-15(17(22)23)21-18(24)20-14-8-5-7-13-10-11-19(2,3)25-16(13)14/h5,7-8,10-11,15H,4,6,9,12H2,1-3H3,(H2,20,21,24). The summed E-state index contributed by atoms with van der Waals surface area (Å²) in [6.45, 7) is 7.30. The third-order valence-electron chi connectivity index (χ3n) is 4.54. The molecule has 25 heavy (non-hydrogen) atoms. The minimum Gasteiger partial charge on any atom is -0.481 e. The fraction of sp³-hybridized carbons (Fsp3) is 0.474. The zero-order valence-electron chi connectivity index (χ0n) is 15.0. The van der Waals surface area contributed by atoms with Gasteiger partial charge in [0.1, 0.15) is 11.6 Å². The second-order valence-electron chi connectivity index (χ2n) is 6.97. The number of hydrogen-bond donors (Lipinski definition) is 2. The van der Waals surface area contributed by atoms with Crippen LogP contribution in [0.2, 0.25) is 0 Å². The Morgan fingerprint density at radius 1 is 1.40 bits per heavy atom. The number of urea groups is 1. The third kappa shape index (κ3) is 3.78. The van der Waals surface area contributed by atoms with E-state index in [4.69, 9.17) is 4.74 Å². The Morgan fingerprint density at radius 2 is 2.20 bits per heavy atom. The van der Waals surface area contributed by atoms with Crippen molar-refractivity contribution in [3.63, 3.8) is 0 Å². The number of hydrogen-bond acceptors (Lipinski definition) is 3. The van der Waals surface area contributed by atoms with E-state index < -0.39 is 11.6 Å². The number of amides is 3. The van der Waals surface area contributed by atoms with E-state index in [-0.39, 0.29) is 11.9 Å². The van der Waals surface area contributed by atoms with Gasteiger partial charge < -0.3 is 20.3 Å². The van der Waals surface area contributed by atoms with Crippen molar-refractivity contribution in [2.45, 2.75) is 45.3 Å². The van der Waals surface area contributed by atoms with Gasteiger partial charge in [-0.1, -0.05) is 18.2 Å². The number of para-hydroxylation sites is 1. The van der Waals surface area contributed by atoms with Gasteiger partial charge in [0.15, 0.2) is 5.75 Å². The molecule has 2 aliphatic heterocycles. The maximum absolute atomic E-state index is 12.4. The summed E-state index contributed by atoms with van der Waals surface area (Å²) >= 11 is 0. The van der Waals surface area contributed by atoms with Gasteiger partial charge in [-0.2, -0.15) is 0 Å². The largest absolute Gasteiger partial charge is 0.481 e. The number of likely N-dealkylation sites (tertiary alicyclic amines) is 1. The average Bonchev–Trinajstić information content (AvgIpc) is 2.57. The third-order valence-corrected chi connectivity index (χ3v) is 4.54. The van der Waals surface area contributed by atoms with Crippen molar-refractivity contribution < 1.29 is 14.3 Å². The summed E-state index contributed by atoms with van der Waals surface area (Å²) in [7, 11) is 0. The number of likely N-dealkylation sites (N-methyl/N-ethyl adjacent to an activating group) is 1. The molecule has 1 saturated heterocycles. The molecule has 0 saturated carbocycles. The van der Waals surface area contributed by atoms with Crippen molar-refractivity contribution in [3.05, 3.63) is 29.8 Å². The number of benzene rings is 1. The molecule has 6 nitrogen and oxygen atoms in total. The van der Waals surface area contributed by atoms with E-state index in [1.807, 2.05) is 45.1 Å². The number of nitrogens with zero attached hydrogens (tertiary/aromatic N) is 1. The van der Waals surface area contributed by atoms with Crippen LogP contribution in [0.15, 0.2) is 24.3 Å². The first-order valence-electron chi connectivity index (χ1n) is 8.77. The number of carbonyl (C=O) groups excluding carboxylic acids is 2. The van der Waals surface area contributed by atoms with Gasteiger partial charge >= 0.3 is 6.03 Å². The Kier molecular flexibility index (Phi) is 4.70. The van der Waals surface area contributed by atoms with Gasteiger partial charge in [-0.15, -0.1) is 0 Å². The molecule has 1 fully saturated rings. The number of anilines is 1. The number of fused-ring (bicyclic) bond motifs is 1. The highest BCUT2D eigenvalue weighted by Crippen LogP contribution is 2.37. The van der Waals surface area contributed by atoms with Crippen molar-refractivity contribution in [2.24, 2.45) is 0 Å². The molecule has 0 aliphatic carbocycles. The first kappa shape index (κ1) is 17.3. The van der Waals surface area contributed by atoms with Gasteiger partial charge in [0.2, 0.25) is 5.91 Å². The highest BCUT2D eigenvalue weighted by molar-refractivity contribution is 5.95. The highest BCUT2D eigenvalue weighted by Gasteiger charge is 2.29. The fourth-order valence-corrected chi connectivity index (χ4v) is 3.19. The molecular weight excluding hydrogens is 318 g/mol. The Bertz CT molecular complexity index is 712. The van der Waals surface area contributed by atoms with Crippen molar-refractivity contribution in [1.29, 1.82) is 0 Å². The Balaban J connectivity index is 1.70. The maximum Gasteiger partial charge on any atom is 0.319 e. The molecule has 2 heterocycles. The second kappa shape index (κ2) is 6.78. The lowest BCUT2D eigenvalue weighted by molar-refractivity contribution is -0.135. The molecule has 1 atom stereocenters. The maximum atomic E-state index is 12.4. The van der Waals surface area contributed by atoms with Gasteiger partial charge in [0, 0.05) is 18.7 Å². The summed E-state index contributed by atoms with van der Waals surface area (Å²) in [6, 6.07) is 4.75. The van der Waals surface area contributed by atoms with Gasteiger partial charge in [0.25, 0.3) is 0 Å². The van der Waals surface area contributed by atoms with Crippen LogP contribution in [0.25, 0.3) is 6.08 Å². The lowest BCUT2D eigenvalue weighted by Crippen LogP contribution is -2.53. The molecule has 1 aromatic carbocycles. The summed E-state index contributed by atoms with van der Waals surface area (Å²) in [5.41, 5.74) is 1.09. The fourth-order valence-electron chi connectivity index (χ4n) is 3.19. The molecule has 1 unspecified atom stereocenters. The minimum absolute atomic E-state index is 0.0145. The van der Waals surface area contributed by atoms with Gasteiger partial charge in [-0.05, 0) is 45.8 Å². The molecule has 0 bridgehead atoms. The van der Waals surface area contributed by atoms with Gasteiger partial charge in [-0.25, -0.2) is 4.79 Å². The van der Waals surface area contributed by atoms with E-state index in [0.29, 0.717) is 24.4 Å². The van der Waals surface area contributed by atoms with Crippen LogP contribution in [0.3, 0.4) is 0 Å². The van der Waals surface area contributed by atoms with Crippen LogP contribution in [0, 0.1) is 0 Å². The molecule has 3 amide bonds. The van der Waals surface area contributed by atoms with E-state index in [1.54, 1.807) is 11.0 Å². The summed E-state index contributed by atoms with van der Waals surface area (Å²) < 4.78 is 5.99. The molecule has 134 valence electrons. The highest BCUT2D eigenvalue weighted by atomic mass is 16.5. The van der Waals surface area contributed by atoms with E-state index >= 15 is 0 Å². The average molecular weight is 343 g/mol. The molecule has 0 aromatic heterocycles. The predicted molar refractivity (Wildman–Crippen MR) is 97.6 cm³/mol. The molecule has 6 heteroatoms. The van der Waals surface area contributed by atoms with Crippen LogP contribution < -0.4 is 15.4 Å². The SMILES string of the molecule is CCN1CCCC(NC(=O)Nc2cccc3c2OC(C)(C)C=C3)C1=O. The monoisotopic (exact) mass is 343 g/mol. The zero-order chi connectivity index (χ0) is 18.0. The van der Waals surface area contributed by atoms with Crippen LogP contribution in [0.5, 0.6) is 5.75 Å². The van der Waals surface area contributed by atoms with Gasteiger partial charge in [-0.3, -0.25) is 4.79 Å². The zero-order valence-corrected chi connectivity index (χ0v) is 15.0. The quantitative estimate of drug-likeness (QED) is 0.886. The molecule has 0 spiro atoms. The van der Waals surface area contributed by atoms with E-state index in [9.17, 15) is 9.59 Å². The van der Waals surface area contributed by atoms with Crippen LogP contribution in [0.4, 0.5) is 10.5 Å². The van der Waals surface area contributed by atoms with Crippen molar-refractivity contribution in [2.75, 3.05) is 18.4 Å². The summed E-state index contributed by atoms with van der Waals surface area (Å²) in [5, 5.41) is 5.62. The van der Waals surface area contributed by atoms with E-state index in [1.165, 1.54) is 0 Å². The van der Waals surface area contributed by atoms with Crippen molar-refractivity contribution in [3.8, 4) is 5.75 Å². The second-order valence-corrected chi connectivity index (χ2v) is 6.97. The van der Waals surface area contributed by atoms with Crippen LogP contribution in [-0.4, -0.2) is 41.6 Å². The first-order valence-corrected chi connectivity index (χ1v) is 8.77. The first-order chi connectivity index (χ1) is 11.9. The normalized spacial score (nSPS) is 21.3. The Morgan fingerprint density at radius 3 is 2.96 bits per heavy atom. The van der Waals surface area contributed by atoms with Crippen molar-refractivity contribution in [1.82, 2.24) is 10.2 Å².